The van der Waals surface area contributed by atoms with E-state index in [0.717, 1.165) is 16.9 Å². The van der Waals surface area contributed by atoms with Crippen molar-refractivity contribution in [1.29, 1.82) is 0 Å². The number of benzene rings is 1. The van der Waals surface area contributed by atoms with Gasteiger partial charge in [-0.25, -0.2) is 14.4 Å². The van der Waals surface area contributed by atoms with E-state index in [-0.39, 0.29) is 18.4 Å². The normalized spacial score (nSPS) is 13.5. The second-order valence-electron chi connectivity index (χ2n) is 7.02. The lowest BCUT2D eigenvalue weighted by molar-refractivity contribution is 0.0982. The molecule has 0 saturated heterocycles. The average Bonchev–Trinajstić information content (AvgIpc) is 2.69. The Bertz CT molecular complexity index is 1120. The summed E-state index contributed by atoms with van der Waals surface area (Å²) >= 11 is 0. The monoisotopic (exact) mass is 392 g/mol. The molecule has 0 aliphatic carbocycles. The molecule has 4 rings (SSSR count). The molecule has 1 amide bonds. The van der Waals surface area contributed by atoms with Gasteiger partial charge in [-0.3, -0.25) is 9.69 Å². The van der Waals surface area contributed by atoms with Crippen LogP contribution in [0.5, 0.6) is 5.88 Å². The first-order valence-electron chi connectivity index (χ1n) is 9.24. The Morgan fingerprint density at radius 1 is 0.966 bits per heavy atom. The number of aromatic nitrogens is 2. The van der Waals surface area contributed by atoms with Gasteiger partial charge in [0.1, 0.15) is 18.3 Å². The highest BCUT2D eigenvalue weighted by atomic mass is 19.1. The third-order valence-corrected chi connectivity index (χ3v) is 5.01. The van der Waals surface area contributed by atoms with Crippen molar-refractivity contribution in [1.82, 2.24) is 9.97 Å². The predicted octanol–water partition coefficient (Wildman–Crippen LogP) is 4.31. The van der Waals surface area contributed by atoms with E-state index in [1.54, 1.807) is 30.2 Å². The van der Waals surface area contributed by atoms with E-state index < -0.39 is 0 Å². The Hall–Kier alpha value is -3.48. The fraction of sp³-hybridized carbons (Fsp3) is 0.227. The van der Waals surface area contributed by atoms with Crippen LogP contribution < -0.4 is 14.5 Å². The van der Waals surface area contributed by atoms with Crippen LogP contribution >= 0.6 is 0 Å². The number of pyridine rings is 2. The van der Waals surface area contributed by atoms with Crippen LogP contribution in [0.15, 0.2) is 42.5 Å². The van der Waals surface area contributed by atoms with Gasteiger partial charge in [0.2, 0.25) is 5.88 Å². The topological polar surface area (TPSA) is 58.6 Å². The summed E-state index contributed by atoms with van der Waals surface area (Å²) in [6.45, 7) is 5.80. The van der Waals surface area contributed by atoms with Crippen molar-refractivity contribution >= 4 is 23.1 Å². The Kier molecular flexibility index (Phi) is 4.66. The largest absolute Gasteiger partial charge is 0.481 e. The molecule has 6 nitrogen and oxygen atoms in total. The van der Waals surface area contributed by atoms with Gasteiger partial charge in [-0.1, -0.05) is 0 Å². The highest BCUT2D eigenvalue weighted by Crippen LogP contribution is 2.37. The number of halogens is 1. The van der Waals surface area contributed by atoms with Crippen LogP contribution in [-0.2, 0) is 0 Å². The van der Waals surface area contributed by atoms with Crippen molar-refractivity contribution in [2.45, 2.75) is 20.8 Å². The summed E-state index contributed by atoms with van der Waals surface area (Å²) in [7, 11) is 1.55. The number of anilines is 3. The van der Waals surface area contributed by atoms with Gasteiger partial charge in [0.15, 0.2) is 0 Å². The van der Waals surface area contributed by atoms with Crippen molar-refractivity contribution in [2.75, 3.05) is 23.6 Å². The molecule has 3 heterocycles. The number of methoxy groups -OCH3 is 1. The zero-order chi connectivity index (χ0) is 20.7. The third kappa shape index (κ3) is 3.29. The van der Waals surface area contributed by atoms with E-state index in [9.17, 15) is 9.18 Å². The molecule has 0 radical (unpaired) electrons. The van der Waals surface area contributed by atoms with Crippen LogP contribution in [0, 0.1) is 26.6 Å². The number of amides is 1. The summed E-state index contributed by atoms with van der Waals surface area (Å²) in [5.74, 6) is 0.599. The first kappa shape index (κ1) is 18.9. The van der Waals surface area contributed by atoms with E-state index in [1.165, 1.54) is 12.1 Å². The zero-order valence-corrected chi connectivity index (χ0v) is 16.7. The minimum absolute atomic E-state index is 0.154. The van der Waals surface area contributed by atoms with Gasteiger partial charge in [-0.2, -0.15) is 0 Å². The Balaban J connectivity index is 1.87. The summed E-state index contributed by atoms with van der Waals surface area (Å²) in [6, 6.07) is 11.8. The van der Waals surface area contributed by atoms with Gasteiger partial charge in [0, 0.05) is 17.4 Å². The minimum atomic E-state index is -0.302. The highest BCUT2D eigenvalue weighted by molar-refractivity contribution is 6.12. The molecule has 0 bridgehead atoms. The van der Waals surface area contributed by atoms with E-state index >= 15 is 0 Å². The van der Waals surface area contributed by atoms with Crippen LogP contribution in [0.25, 0.3) is 0 Å². The molecule has 3 aromatic rings. The molecule has 0 fully saturated rings. The van der Waals surface area contributed by atoms with E-state index in [0.29, 0.717) is 28.6 Å². The predicted molar refractivity (Wildman–Crippen MR) is 109 cm³/mol. The number of rotatable bonds is 3. The fourth-order valence-corrected chi connectivity index (χ4v) is 3.56. The summed E-state index contributed by atoms with van der Waals surface area (Å²) in [4.78, 5) is 25.9. The zero-order valence-electron chi connectivity index (χ0n) is 16.7. The molecule has 2 aromatic heterocycles. The highest BCUT2D eigenvalue weighted by Gasteiger charge is 2.33. The van der Waals surface area contributed by atoms with Crippen molar-refractivity contribution < 1.29 is 13.9 Å². The summed E-state index contributed by atoms with van der Waals surface area (Å²) in [5.41, 5.74) is 4.21. The van der Waals surface area contributed by atoms with Crippen LogP contribution in [0.4, 0.5) is 21.6 Å². The van der Waals surface area contributed by atoms with Gasteiger partial charge in [-0.15, -0.1) is 0 Å². The van der Waals surface area contributed by atoms with Crippen molar-refractivity contribution in [2.24, 2.45) is 0 Å². The Labute approximate surface area is 168 Å². The van der Waals surface area contributed by atoms with Crippen molar-refractivity contribution in [3.63, 3.8) is 0 Å². The summed E-state index contributed by atoms with van der Waals surface area (Å²) in [5, 5.41) is 0. The minimum Gasteiger partial charge on any atom is -0.481 e. The number of carbonyl (C=O) groups excluding carboxylic acids is 1. The standard InChI is InChI=1S/C22H21FN4O2/c1-13-11-16(23)6-8-18(13)26-12-27(19-9-10-20(29-4)25-15(19)3)22(28)17-7-5-14(2)24-21(17)26/h5-11H,12H2,1-4H3. The number of fused-ring (bicyclic) bond motifs is 1. The molecule has 7 heteroatoms. The van der Waals surface area contributed by atoms with E-state index in [4.69, 9.17) is 4.74 Å². The first-order chi connectivity index (χ1) is 13.9. The van der Waals surface area contributed by atoms with Crippen LogP contribution in [0.1, 0.15) is 27.3 Å². The lowest BCUT2D eigenvalue weighted by Crippen LogP contribution is -2.46. The number of hydrogen-bond donors (Lipinski definition) is 0. The number of nitrogens with zero attached hydrogens (tertiary/aromatic N) is 4. The van der Waals surface area contributed by atoms with Crippen LogP contribution in [0.2, 0.25) is 0 Å². The molecule has 0 spiro atoms. The lowest BCUT2D eigenvalue weighted by Gasteiger charge is -2.38. The molecule has 1 aliphatic heterocycles. The number of aryl methyl sites for hydroxylation is 3. The quantitative estimate of drug-likeness (QED) is 0.665. The maximum absolute atomic E-state index is 13.7. The van der Waals surface area contributed by atoms with Gasteiger partial charge in [-0.05, 0) is 62.7 Å². The second kappa shape index (κ2) is 7.16. The molecule has 0 atom stereocenters. The Morgan fingerprint density at radius 2 is 1.72 bits per heavy atom. The molecule has 29 heavy (non-hydrogen) atoms. The smallest absolute Gasteiger partial charge is 0.263 e. The fourth-order valence-electron chi connectivity index (χ4n) is 3.56. The maximum atomic E-state index is 13.7. The van der Waals surface area contributed by atoms with Crippen LogP contribution in [0.3, 0.4) is 0 Å². The van der Waals surface area contributed by atoms with Gasteiger partial charge in [0.25, 0.3) is 5.91 Å². The summed E-state index contributed by atoms with van der Waals surface area (Å²) in [6.07, 6.45) is 0. The average molecular weight is 392 g/mol. The van der Waals surface area contributed by atoms with E-state index in [1.807, 2.05) is 37.8 Å². The first-order valence-corrected chi connectivity index (χ1v) is 9.24. The molecule has 0 unspecified atom stereocenters. The third-order valence-electron chi connectivity index (χ3n) is 5.01. The molecule has 0 N–H and O–H groups in total. The lowest BCUT2D eigenvalue weighted by atomic mass is 10.1. The molecule has 0 saturated carbocycles. The number of hydrogen-bond acceptors (Lipinski definition) is 5. The van der Waals surface area contributed by atoms with E-state index in [2.05, 4.69) is 9.97 Å². The Morgan fingerprint density at radius 3 is 2.41 bits per heavy atom. The number of carbonyl (C=O) groups is 1. The van der Waals surface area contributed by atoms with Crippen LogP contribution in [-0.4, -0.2) is 29.7 Å². The maximum Gasteiger partial charge on any atom is 0.263 e. The number of ether oxygens (including phenoxy) is 1. The summed E-state index contributed by atoms with van der Waals surface area (Å²) < 4.78 is 18.9. The van der Waals surface area contributed by atoms with Crippen molar-refractivity contribution in [3.05, 3.63) is 70.8 Å². The van der Waals surface area contributed by atoms with Gasteiger partial charge < -0.3 is 9.64 Å². The molecule has 1 aromatic carbocycles. The SMILES string of the molecule is COc1ccc(N2CN(c3ccc(F)cc3C)c3nc(C)ccc3C2=O)c(C)n1. The van der Waals surface area contributed by atoms with Gasteiger partial charge >= 0.3 is 0 Å². The van der Waals surface area contributed by atoms with Crippen molar-refractivity contribution in [3.8, 4) is 5.88 Å². The molecular formula is C22H21FN4O2. The molecule has 148 valence electrons. The molecular weight excluding hydrogens is 371 g/mol. The second-order valence-corrected chi connectivity index (χ2v) is 7.02. The molecule has 1 aliphatic rings. The van der Waals surface area contributed by atoms with Gasteiger partial charge in [0.05, 0.1) is 24.1 Å².